The fourth-order valence-corrected chi connectivity index (χ4v) is 4.76. The van der Waals surface area contributed by atoms with Crippen molar-refractivity contribution in [3.05, 3.63) is 122 Å². The highest BCUT2D eigenvalue weighted by Gasteiger charge is 2.27. The highest BCUT2D eigenvalue weighted by atomic mass is 35.5. The van der Waals surface area contributed by atoms with Crippen molar-refractivity contribution < 1.29 is 0 Å². The zero-order valence-corrected chi connectivity index (χ0v) is 19.1. The Morgan fingerprint density at radius 3 is 2.31 bits per heavy atom. The van der Waals surface area contributed by atoms with Crippen LogP contribution in [0.3, 0.4) is 0 Å². The van der Waals surface area contributed by atoms with Crippen LogP contribution in [0, 0.1) is 0 Å². The van der Waals surface area contributed by atoms with Crippen LogP contribution < -0.4 is 5.56 Å². The summed E-state index contributed by atoms with van der Waals surface area (Å²) >= 11 is 12.2. The van der Waals surface area contributed by atoms with Gasteiger partial charge in [-0.05, 0) is 47.5 Å². The molecule has 0 bridgehead atoms. The van der Waals surface area contributed by atoms with E-state index in [2.05, 4.69) is 27.8 Å². The molecular formula is C26H23Cl2N3O. The van der Waals surface area contributed by atoms with E-state index in [4.69, 9.17) is 23.2 Å². The van der Waals surface area contributed by atoms with Crippen molar-refractivity contribution in [3.8, 4) is 5.69 Å². The zero-order chi connectivity index (χ0) is 22.1. The second-order valence-electron chi connectivity index (χ2n) is 8.15. The Kier molecular flexibility index (Phi) is 5.92. The minimum Gasteiger partial charge on any atom is -0.294 e. The highest BCUT2D eigenvalue weighted by Crippen LogP contribution is 2.23. The Balaban J connectivity index is 1.53. The van der Waals surface area contributed by atoms with Crippen molar-refractivity contribution in [2.75, 3.05) is 6.54 Å². The molecule has 0 N–H and O–H groups in total. The summed E-state index contributed by atoms with van der Waals surface area (Å²) in [5, 5.41) is 1.43. The number of hydrogen-bond acceptors (Lipinski definition) is 2. The lowest BCUT2D eigenvalue weighted by Crippen LogP contribution is -2.32. The molecule has 0 unspecified atom stereocenters. The van der Waals surface area contributed by atoms with Gasteiger partial charge in [0.25, 0.3) is 5.56 Å². The molecule has 0 fully saturated rings. The first kappa shape index (κ1) is 21.1. The maximum absolute atomic E-state index is 13.6. The summed E-state index contributed by atoms with van der Waals surface area (Å²) in [6.45, 7) is 2.78. The average Bonchev–Trinajstić information content (AvgIpc) is 3.07. The fraction of sp³-hybridized carbons (Fsp3) is 0.192. The molecule has 0 atom stereocenters. The summed E-state index contributed by atoms with van der Waals surface area (Å²) in [6.07, 6.45) is 0.813. The Hall–Kier alpha value is -2.79. The number of para-hydroxylation sites is 1. The van der Waals surface area contributed by atoms with Gasteiger partial charge in [-0.2, -0.15) is 0 Å². The van der Waals surface area contributed by atoms with Crippen LogP contribution in [0.4, 0.5) is 0 Å². The number of aromatic nitrogens is 2. The summed E-state index contributed by atoms with van der Waals surface area (Å²) in [6, 6.07) is 25.7. The van der Waals surface area contributed by atoms with Gasteiger partial charge in [-0.1, -0.05) is 65.7 Å². The van der Waals surface area contributed by atoms with Gasteiger partial charge in [0.15, 0.2) is 0 Å². The van der Waals surface area contributed by atoms with Gasteiger partial charge < -0.3 is 0 Å². The zero-order valence-electron chi connectivity index (χ0n) is 17.5. The Labute approximate surface area is 197 Å². The van der Waals surface area contributed by atoms with Gasteiger partial charge in [-0.15, -0.1) is 0 Å². The van der Waals surface area contributed by atoms with Crippen LogP contribution in [-0.4, -0.2) is 20.8 Å². The minimum absolute atomic E-state index is 0.0644. The minimum atomic E-state index is 0.0644. The van der Waals surface area contributed by atoms with Crippen molar-refractivity contribution in [1.82, 2.24) is 14.3 Å². The van der Waals surface area contributed by atoms with E-state index in [9.17, 15) is 4.79 Å². The fourth-order valence-electron chi connectivity index (χ4n) is 4.42. The molecule has 0 amide bonds. The van der Waals surface area contributed by atoms with Crippen LogP contribution in [0.1, 0.15) is 22.4 Å². The Bertz CT molecular complexity index is 1290. The first-order valence-electron chi connectivity index (χ1n) is 10.7. The molecule has 3 aromatic carbocycles. The monoisotopic (exact) mass is 463 g/mol. The predicted octanol–water partition coefficient (Wildman–Crippen LogP) is 5.55. The number of rotatable bonds is 5. The summed E-state index contributed by atoms with van der Waals surface area (Å²) < 4.78 is 3.95. The molecule has 0 spiro atoms. The standard InChI is InChI=1S/C26H23Cl2N3O/c27-21-11-9-19(10-12-21)17-30-26(32)24-18-29(16-20-5-4-6-22(28)15-20)14-13-25(24)31(30)23-7-2-1-3-8-23/h1-12,15H,13-14,16-18H2. The van der Waals surface area contributed by atoms with Crippen LogP contribution in [0.25, 0.3) is 5.69 Å². The quantitative estimate of drug-likeness (QED) is 0.388. The number of halogens is 2. The molecule has 0 radical (unpaired) electrons. The number of hydrogen-bond donors (Lipinski definition) is 0. The first-order chi connectivity index (χ1) is 15.6. The largest absolute Gasteiger partial charge is 0.294 e. The van der Waals surface area contributed by atoms with E-state index >= 15 is 0 Å². The second kappa shape index (κ2) is 8.99. The third kappa shape index (κ3) is 4.26. The van der Waals surface area contributed by atoms with Crippen LogP contribution in [0.2, 0.25) is 10.0 Å². The molecule has 162 valence electrons. The van der Waals surface area contributed by atoms with E-state index in [1.54, 1.807) is 0 Å². The van der Waals surface area contributed by atoms with E-state index < -0.39 is 0 Å². The summed E-state index contributed by atoms with van der Waals surface area (Å²) in [5.74, 6) is 0. The van der Waals surface area contributed by atoms with Crippen molar-refractivity contribution >= 4 is 23.2 Å². The molecule has 1 aromatic heterocycles. The molecule has 6 heteroatoms. The van der Waals surface area contributed by atoms with E-state index in [0.29, 0.717) is 18.1 Å². The molecular weight excluding hydrogens is 441 g/mol. The lowest BCUT2D eigenvalue weighted by atomic mass is 10.1. The van der Waals surface area contributed by atoms with E-state index in [1.807, 2.05) is 65.3 Å². The van der Waals surface area contributed by atoms with Crippen LogP contribution in [0.5, 0.6) is 0 Å². The van der Waals surface area contributed by atoms with Gasteiger partial charge in [-0.25, -0.2) is 4.68 Å². The average molecular weight is 464 g/mol. The van der Waals surface area contributed by atoms with Gasteiger partial charge in [0.2, 0.25) is 0 Å². The molecule has 5 rings (SSSR count). The summed E-state index contributed by atoms with van der Waals surface area (Å²) in [5.41, 5.74) is 5.23. The van der Waals surface area contributed by atoms with Gasteiger partial charge in [-0.3, -0.25) is 14.4 Å². The van der Waals surface area contributed by atoms with Crippen molar-refractivity contribution in [2.45, 2.75) is 26.1 Å². The molecule has 32 heavy (non-hydrogen) atoms. The van der Waals surface area contributed by atoms with Crippen molar-refractivity contribution in [1.29, 1.82) is 0 Å². The lowest BCUT2D eigenvalue weighted by molar-refractivity contribution is 0.243. The normalized spacial score (nSPS) is 13.8. The van der Waals surface area contributed by atoms with E-state index in [-0.39, 0.29) is 5.56 Å². The van der Waals surface area contributed by atoms with Crippen LogP contribution in [-0.2, 0) is 26.1 Å². The van der Waals surface area contributed by atoms with Gasteiger partial charge in [0, 0.05) is 36.1 Å². The Morgan fingerprint density at radius 1 is 0.781 bits per heavy atom. The first-order valence-corrected chi connectivity index (χ1v) is 11.4. The SMILES string of the molecule is O=c1c2c(n(-c3ccccc3)n1Cc1ccc(Cl)cc1)CCN(Cc1cccc(Cl)c1)C2. The van der Waals surface area contributed by atoms with Crippen molar-refractivity contribution in [2.24, 2.45) is 0 Å². The second-order valence-corrected chi connectivity index (χ2v) is 9.03. The van der Waals surface area contributed by atoms with E-state index in [0.717, 1.165) is 52.6 Å². The number of nitrogens with zero attached hydrogens (tertiary/aromatic N) is 3. The number of fused-ring (bicyclic) bond motifs is 1. The van der Waals surface area contributed by atoms with Crippen molar-refractivity contribution in [3.63, 3.8) is 0 Å². The third-order valence-electron chi connectivity index (χ3n) is 5.93. The number of benzene rings is 3. The van der Waals surface area contributed by atoms with Gasteiger partial charge >= 0.3 is 0 Å². The molecule has 4 aromatic rings. The Morgan fingerprint density at radius 2 is 1.56 bits per heavy atom. The summed E-state index contributed by atoms with van der Waals surface area (Å²) in [7, 11) is 0. The maximum atomic E-state index is 13.6. The smallest absolute Gasteiger partial charge is 0.272 e. The van der Waals surface area contributed by atoms with Crippen LogP contribution >= 0.6 is 23.2 Å². The third-order valence-corrected chi connectivity index (χ3v) is 6.41. The molecule has 1 aliphatic heterocycles. The maximum Gasteiger partial charge on any atom is 0.272 e. The summed E-state index contributed by atoms with van der Waals surface area (Å²) in [4.78, 5) is 15.9. The molecule has 0 saturated heterocycles. The van der Waals surface area contributed by atoms with Crippen LogP contribution in [0.15, 0.2) is 83.7 Å². The topological polar surface area (TPSA) is 30.2 Å². The van der Waals surface area contributed by atoms with Gasteiger partial charge in [0.05, 0.1) is 23.5 Å². The molecule has 2 heterocycles. The lowest BCUT2D eigenvalue weighted by Gasteiger charge is -2.27. The highest BCUT2D eigenvalue weighted by molar-refractivity contribution is 6.30. The molecule has 0 aliphatic carbocycles. The van der Waals surface area contributed by atoms with Gasteiger partial charge in [0.1, 0.15) is 0 Å². The predicted molar refractivity (Wildman–Crippen MR) is 130 cm³/mol. The van der Waals surface area contributed by atoms with E-state index in [1.165, 1.54) is 0 Å². The molecule has 1 aliphatic rings. The molecule has 4 nitrogen and oxygen atoms in total. The molecule has 0 saturated carbocycles.